The number of hydrogen-bond acceptors (Lipinski definition) is 6. The molecule has 0 spiro atoms. The lowest BCUT2D eigenvalue weighted by atomic mass is 10.3. The number of aromatic nitrogens is 1. The third-order valence-corrected chi connectivity index (χ3v) is 5.22. The van der Waals surface area contributed by atoms with E-state index in [1.54, 1.807) is 35.7 Å². The fourth-order valence-electron chi connectivity index (χ4n) is 1.91. The SMILES string of the molecule is O=C(Cc1csc(-c2ccco2)n1)NS(=O)(=O)c1ccccc1. The van der Waals surface area contributed by atoms with Crippen molar-refractivity contribution in [3.05, 3.63) is 59.8 Å². The van der Waals surface area contributed by atoms with Crippen molar-refractivity contribution in [1.82, 2.24) is 9.71 Å². The number of hydrogen-bond donors (Lipinski definition) is 1. The quantitative estimate of drug-likeness (QED) is 0.765. The van der Waals surface area contributed by atoms with Crippen molar-refractivity contribution >= 4 is 27.3 Å². The molecule has 118 valence electrons. The number of benzene rings is 1. The van der Waals surface area contributed by atoms with Crippen LogP contribution in [-0.2, 0) is 21.2 Å². The number of nitrogens with zero attached hydrogens (tertiary/aromatic N) is 1. The molecule has 0 aliphatic carbocycles. The first-order valence-electron chi connectivity index (χ1n) is 6.63. The monoisotopic (exact) mass is 348 g/mol. The number of carbonyl (C=O) groups excluding carboxylic acids is 1. The van der Waals surface area contributed by atoms with Crippen LogP contribution in [0.5, 0.6) is 0 Å². The fraction of sp³-hybridized carbons (Fsp3) is 0.0667. The summed E-state index contributed by atoms with van der Waals surface area (Å²) in [6.45, 7) is 0. The number of furan rings is 1. The predicted molar refractivity (Wildman–Crippen MR) is 85.3 cm³/mol. The molecule has 2 heterocycles. The lowest BCUT2D eigenvalue weighted by Gasteiger charge is -2.05. The third kappa shape index (κ3) is 3.66. The number of thiazole rings is 1. The minimum atomic E-state index is -3.86. The molecule has 0 atom stereocenters. The molecular formula is C15H12N2O4S2. The molecule has 3 aromatic rings. The summed E-state index contributed by atoms with van der Waals surface area (Å²) in [4.78, 5) is 16.3. The van der Waals surface area contributed by atoms with Crippen LogP contribution in [0.25, 0.3) is 10.8 Å². The standard InChI is InChI=1S/C15H12N2O4S2/c18-14(17-23(19,20)12-5-2-1-3-6-12)9-11-10-22-15(16-11)13-7-4-8-21-13/h1-8,10H,9H2,(H,17,18). The summed E-state index contributed by atoms with van der Waals surface area (Å²) < 4.78 is 31.4. The summed E-state index contributed by atoms with van der Waals surface area (Å²) >= 11 is 1.33. The van der Waals surface area contributed by atoms with Crippen LogP contribution in [0, 0.1) is 0 Å². The molecule has 0 bridgehead atoms. The minimum Gasteiger partial charge on any atom is -0.462 e. The van der Waals surface area contributed by atoms with Crippen LogP contribution in [0.1, 0.15) is 5.69 Å². The van der Waals surface area contributed by atoms with Gasteiger partial charge in [-0.1, -0.05) is 18.2 Å². The highest BCUT2D eigenvalue weighted by atomic mass is 32.2. The van der Waals surface area contributed by atoms with Crippen LogP contribution in [-0.4, -0.2) is 19.3 Å². The van der Waals surface area contributed by atoms with Crippen LogP contribution in [0.3, 0.4) is 0 Å². The number of amides is 1. The van der Waals surface area contributed by atoms with Gasteiger partial charge in [-0.15, -0.1) is 11.3 Å². The molecule has 0 saturated carbocycles. The minimum absolute atomic E-state index is 0.0444. The number of sulfonamides is 1. The second kappa shape index (κ2) is 6.35. The Morgan fingerprint density at radius 3 is 2.65 bits per heavy atom. The second-order valence-corrected chi connectivity index (χ2v) is 7.18. The Hall–Kier alpha value is -2.45. The lowest BCUT2D eigenvalue weighted by Crippen LogP contribution is -2.31. The van der Waals surface area contributed by atoms with Crippen LogP contribution < -0.4 is 4.72 Å². The van der Waals surface area contributed by atoms with Crippen molar-refractivity contribution in [3.8, 4) is 10.8 Å². The van der Waals surface area contributed by atoms with Gasteiger partial charge in [0.1, 0.15) is 0 Å². The van der Waals surface area contributed by atoms with Gasteiger partial charge in [0.05, 0.1) is 23.3 Å². The Morgan fingerprint density at radius 2 is 1.96 bits per heavy atom. The first kappa shape index (κ1) is 15.4. The van der Waals surface area contributed by atoms with Gasteiger partial charge in [0.25, 0.3) is 10.0 Å². The normalized spacial score (nSPS) is 11.3. The largest absolute Gasteiger partial charge is 0.462 e. The highest BCUT2D eigenvalue weighted by Gasteiger charge is 2.18. The van der Waals surface area contributed by atoms with Crippen molar-refractivity contribution in [2.75, 3.05) is 0 Å². The first-order valence-corrected chi connectivity index (χ1v) is 9.00. The van der Waals surface area contributed by atoms with Gasteiger partial charge >= 0.3 is 0 Å². The van der Waals surface area contributed by atoms with Crippen molar-refractivity contribution in [2.24, 2.45) is 0 Å². The molecule has 0 fully saturated rings. The van der Waals surface area contributed by atoms with Gasteiger partial charge < -0.3 is 4.42 Å². The summed E-state index contributed by atoms with van der Waals surface area (Å²) in [6, 6.07) is 11.2. The van der Waals surface area contributed by atoms with Gasteiger partial charge in [-0.05, 0) is 24.3 Å². The number of carbonyl (C=O) groups is 1. The summed E-state index contributed by atoms with van der Waals surface area (Å²) in [5, 5.41) is 2.34. The number of nitrogens with one attached hydrogen (secondary N) is 1. The fourth-order valence-corrected chi connectivity index (χ4v) is 3.70. The average Bonchev–Trinajstić information content (AvgIpc) is 3.18. The Labute approximate surface area is 136 Å². The highest BCUT2D eigenvalue weighted by molar-refractivity contribution is 7.90. The lowest BCUT2D eigenvalue weighted by molar-refractivity contribution is -0.118. The zero-order valence-corrected chi connectivity index (χ0v) is 13.4. The van der Waals surface area contributed by atoms with Crippen molar-refractivity contribution in [2.45, 2.75) is 11.3 Å². The molecule has 6 nitrogen and oxygen atoms in total. The first-order chi connectivity index (χ1) is 11.0. The van der Waals surface area contributed by atoms with E-state index in [1.807, 2.05) is 4.72 Å². The van der Waals surface area contributed by atoms with Gasteiger partial charge in [-0.2, -0.15) is 0 Å². The van der Waals surface area contributed by atoms with E-state index < -0.39 is 15.9 Å². The Balaban J connectivity index is 1.68. The Bertz CT molecular complexity index is 900. The van der Waals surface area contributed by atoms with E-state index in [1.165, 1.54) is 29.7 Å². The third-order valence-electron chi connectivity index (χ3n) is 2.93. The van der Waals surface area contributed by atoms with Crippen LogP contribution >= 0.6 is 11.3 Å². The molecule has 8 heteroatoms. The summed E-state index contributed by atoms with van der Waals surface area (Å²) in [6.07, 6.45) is 1.42. The van der Waals surface area contributed by atoms with E-state index in [4.69, 9.17) is 4.42 Å². The van der Waals surface area contributed by atoms with Crippen LogP contribution in [0.15, 0.2) is 63.4 Å². The van der Waals surface area contributed by atoms with Crippen molar-refractivity contribution < 1.29 is 17.6 Å². The molecule has 0 radical (unpaired) electrons. The van der Waals surface area contributed by atoms with E-state index in [0.29, 0.717) is 16.5 Å². The Kier molecular flexibility index (Phi) is 4.26. The van der Waals surface area contributed by atoms with E-state index >= 15 is 0 Å². The van der Waals surface area contributed by atoms with Gasteiger partial charge in [-0.3, -0.25) is 4.79 Å². The maximum absolute atomic E-state index is 12.1. The smallest absolute Gasteiger partial charge is 0.264 e. The molecular weight excluding hydrogens is 336 g/mol. The zero-order chi connectivity index (χ0) is 16.3. The zero-order valence-electron chi connectivity index (χ0n) is 11.8. The second-order valence-electron chi connectivity index (χ2n) is 4.64. The Morgan fingerprint density at radius 1 is 1.17 bits per heavy atom. The molecule has 1 amide bonds. The van der Waals surface area contributed by atoms with E-state index in [9.17, 15) is 13.2 Å². The van der Waals surface area contributed by atoms with Gasteiger partial charge in [0, 0.05) is 5.38 Å². The summed E-state index contributed by atoms with van der Waals surface area (Å²) in [7, 11) is -3.86. The van der Waals surface area contributed by atoms with Gasteiger partial charge in [0.2, 0.25) is 5.91 Å². The molecule has 2 aromatic heterocycles. The average molecular weight is 348 g/mol. The molecule has 0 aliphatic heterocycles. The van der Waals surface area contributed by atoms with Crippen LogP contribution in [0.2, 0.25) is 0 Å². The predicted octanol–water partition coefficient (Wildman–Crippen LogP) is 2.45. The molecule has 23 heavy (non-hydrogen) atoms. The molecule has 1 N–H and O–H groups in total. The molecule has 3 rings (SSSR count). The van der Waals surface area contributed by atoms with E-state index in [2.05, 4.69) is 4.98 Å². The molecule has 1 aromatic carbocycles. The van der Waals surface area contributed by atoms with E-state index in [-0.39, 0.29) is 11.3 Å². The summed E-state index contributed by atoms with van der Waals surface area (Å²) in [5.74, 6) is -0.0243. The highest BCUT2D eigenvalue weighted by Crippen LogP contribution is 2.24. The van der Waals surface area contributed by atoms with Crippen LogP contribution in [0.4, 0.5) is 0 Å². The molecule has 0 unspecified atom stereocenters. The topological polar surface area (TPSA) is 89.3 Å². The summed E-state index contributed by atoms with van der Waals surface area (Å²) in [5.41, 5.74) is 0.488. The van der Waals surface area contributed by atoms with Crippen molar-refractivity contribution in [3.63, 3.8) is 0 Å². The van der Waals surface area contributed by atoms with Gasteiger partial charge in [-0.25, -0.2) is 18.1 Å². The number of rotatable bonds is 5. The maximum Gasteiger partial charge on any atom is 0.264 e. The van der Waals surface area contributed by atoms with Gasteiger partial charge in [0.15, 0.2) is 10.8 Å². The van der Waals surface area contributed by atoms with E-state index in [0.717, 1.165) is 0 Å². The molecule has 0 saturated heterocycles. The van der Waals surface area contributed by atoms with Crippen molar-refractivity contribution in [1.29, 1.82) is 0 Å². The maximum atomic E-state index is 12.1. The molecule has 0 aliphatic rings.